The van der Waals surface area contributed by atoms with Crippen LogP contribution in [0, 0.1) is 11.3 Å². The normalized spacial score (nSPS) is 12.1. The molecule has 2 aromatic rings. The Bertz CT molecular complexity index is 807. The summed E-state index contributed by atoms with van der Waals surface area (Å²) in [5.41, 5.74) is 1.63. The van der Waals surface area contributed by atoms with Crippen molar-refractivity contribution in [3.63, 3.8) is 0 Å². The lowest BCUT2D eigenvalue weighted by Crippen LogP contribution is -2.41. The molecule has 4 N–H and O–H groups in total. The number of nitriles is 1. The molecule has 0 aliphatic heterocycles. The number of nitrogens with zero attached hydrogens (tertiary/aromatic N) is 4. The van der Waals surface area contributed by atoms with Crippen LogP contribution in [0.3, 0.4) is 0 Å². The summed E-state index contributed by atoms with van der Waals surface area (Å²) in [6.07, 6.45) is 1.61. The minimum Gasteiger partial charge on any atom is -0.480 e. The van der Waals surface area contributed by atoms with Gasteiger partial charge in [-0.15, -0.1) is 10.2 Å². The maximum atomic E-state index is 11.1. The van der Waals surface area contributed by atoms with Crippen molar-refractivity contribution < 1.29 is 14.7 Å². The van der Waals surface area contributed by atoms with Gasteiger partial charge in [0.1, 0.15) is 17.7 Å². The zero-order valence-electron chi connectivity index (χ0n) is 13.2. The summed E-state index contributed by atoms with van der Waals surface area (Å²) in [5.74, 6) is -1.33. The van der Waals surface area contributed by atoms with Crippen molar-refractivity contribution in [3.05, 3.63) is 41.9 Å². The Morgan fingerprint density at radius 1 is 1.40 bits per heavy atom. The van der Waals surface area contributed by atoms with Crippen molar-refractivity contribution >= 4 is 23.1 Å². The molecule has 0 aliphatic rings. The predicted octanol–water partition coefficient (Wildman–Crippen LogP) is 0.308. The Morgan fingerprint density at radius 3 is 2.64 bits per heavy atom. The number of tetrazole rings is 1. The number of hydrogen-bond acceptors (Lipinski definition) is 7. The van der Waals surface area contributed by atoms with Gasteiger partial charge in [0.25, 0.3) is 0 Å². The van der Waals surface area contributed by atoms with E-state index >= 15 is 0 Å². The molecule has 1 aromatic heterocycles. The molecule has 128 valence electrons. The quantitative estimate of drug-likeness (QED) is 0.524. The molecule has 0 saturated carbocycles. The van der Waals surface area contributed by atoms with Crippen LogP contribution in [0.15, 0.2) is 30.5 Å². The molecule has 1 unspecified atom stereocenters. The largest absolute Gasteiger partial charge is 0.480 e. The fourth-order valence-corrected chi connectivity index (χ4v) is 2.00. The molecule has 0 spiro atoms. The van der Waals surface area contributed by atoms with Gasteiger partial charge in [0, 0.05) is 25.2 Å². The molecule has 0 fully saturated rings. The fraction of sp³-hybridized carbons (Fsp3) is 0.200. The van der Waals surface area contributed by atoms with E-state index in [1.807, 2.05) is 6.07 Å². The summed E-state index contributed by atoms with van der Waals surface area (Å²) < 4.78 is 0. The predicted molar refractivity (Wildman–Crippen MR) is 86.8 cm³/mol. The first kappa shape index (κ1) is 17.6. The van der Waals surface area contributed by atoms with Crippen molar-refractivity contribution in [2.45, 2.75) is 19.4 Å². The summed E-state index contributed by atoms with van der Waals surface area (Å²) >= 11 is 0. The zero-order valence-corrected chi connectivity index (χ0v) is 13.2. The van der Waals surface area contributed by atoms with Gasteiger partial charge in [-0.3, -0.25) is 4.79 Å². The van der Waals surface area contributed by atoms with E-state index in [0.717, 1.165) is 5.56 Å². The van der Waals surface area contributed by atoms with Crippen LogP contribution in [0.5, 0.6) is 0 Å². The first-order valence-corrected chi connectivity index (χ1v) is 7.19. The molecule has 0 bridgehead atoms. The van der Waals surface area contributed by atoms with Crippen LogP contribution >= 0.6 is 0 Å². The number of allylic oxidation sites excluding steroid dienone is 1. The van der Waals surface area contributed by atoms with Crippen LogP contribution in [0.1, 0.15) is 18.3 Å². The van der Waals surface area contributed by atoms with Crippen molar-refractivity contribution in [3.8, 4) is 6.07 Å². The average molecular weight is 341 g/mol. The number of carbonyl (C=O) groups is 2. The molecule has 0 radical (unpaired) electrons. The Morgan fingerprint density at radius 2 is 2.12 bits per heavy atom. The molecule has 10 heteroatoms. The SMILES string of the molecule is CC(=O)NC(Cc1ccc(NC=C(C#N)c2nn[nH]n2)cc1)C(=O)O. The molecule has 25 heavy (non-hydrogen) atoms. The van der Waals surface area contributed by atoms with Crippen LogP contribution in [0.2, 0.25) is 0 Å². The first-order valence-electron chi connectivity index (χ1n) is 7.19. The Hall–Kier alpha value is -3.74. The second-order valence-corrected chi connectivity index (χ2v) is 5.04. The number of anilines is 1. The molecule has 1 heterocycles. The molecule has 1 amide bonds. The summed E-state index contributed by atoms with van der Waals surface area (Å²) in [4.78, 5) is 22.2. The van der Waals surface area contributed by atoms with Crippen LogP contribution in [-0.2, 0) is 16.0 Å². The molecule has 0 saturated heterocycles. The number of benzene rings is 1. The molecular weight excluding hydrogens is 326 g/mol. The number of amides is 1. The van der Waals surface area contributed by atoms with Gasteiger partial charge in [-0.25, -0.2) is 4.79 Å². The summed E-state index contributed by atoms with van der Waals surface area (Å²) in [7, 11) is 0. The second-order valence-electron chi connectivity index (χ2n) is 5.04. The monoisotopic (exact) mass is 341 g/mol. The van der Waals surface area contributed by atoms with E-state index in [0.29, 0.717) is 5.69 Å². The Kier molecular flexibility index (Phi) is 5.78. The van der Waals surface area contributed by atoms with Crippen molar-refractivity contribution in [2.75, 3.05) is 5.32 Å². The number of rotatable bonds is 7. The van der Waals surface area contributed by atoms with Gasteiger partial charge < -0.3 is 15.7 Å². The third-order valence-corrected chi connectivity index (χ3v) is 3.16. The number of hydrogen-bond donors (Lipinski definition) is 4. The van der Waals surface area contributed by atoms with Gasteiger partial charge in [0.05, 0.1) is 0 Å². The highest BCUT2D eigenvalue weighted by molar-refractivity contribution is 5.82. The summed E-state index contributed by atoms with van der Waals surface area (Å²) in [5, 5.41) is 36.6. The lowest BCUT2D eigenvalue weighted by Gasteiger charge is -2.13. The van der Waals surface area contributed by atoms with E-state index < -0.39 is 17.9 Å². The van der Waals surface area contributed by atoms with Gasteiger partial charge in [-0.1, -0.05) is 12.1 Å². The first-order chi connectivity index (χ1) is 12.0. The van der Waals surface area contributed by atoms with Gasteiger partial charge in [0.2, 0.25) is 11.7 Å². The van der Waals surface area contributed by atoms with Crippen molar-refractivity contribution in [1.29, 1.82) is 5.26 Å². The number of aromatic amines is 1. The molecule has 1 aromatic carbocycles. The number of H-pyrrole nitrogens is 1. The standard InChI is InChI=1S/C15H15N7O3/c1-9(23)18-13(15(24)25)6-10-2-4-12(5-3-10)17-8-11(7-16)14-19-21-22-20-14/h2-5,8,13,17H,6H2,1H3,(H,18,23)(H,24,25)(H,19,20,21,22). The summed E-state index contributed by atoms with van der Waals surface area (Å²) in [6.45, 7) is 1.27. The summed E-state index contributed by atoms with van der Waals surface area (Å²) in [6, 6.07) is 7.88. The lowest BCUT2D eigenvalue weighted by molar-refractivity contribution is -0.141. The maximum Gasteiger partial charge on any atom is 0.326 e. The number of carboxylic acid groups (broad SMARTS) is 1. The van der Waals surface area contributed by atoms with Crippen LogP contribution in [0.25, 0.3) is 5.57 Å². The zero-order chi connectivity index (χ0) is 18.2. The number of aromatic nitrogens is 4. The van der Waals surface area contributed by atoms with Gasteiger partial charge in [-0.2, -0.15) is 10.5 Å². The molecule has 10 nitrogen and oxygen atoms in total. The van der Waals surface area contributed by atoms with E-state index in [2.05, 4.69) is 31.3 Å². The number of carboxylic acids is 1. The number of carbonyl (C=O) groups excluding carboxylic acids is 1. The molecule has 1 atom stereocenters. The third kappa shape index (κ3) is 5.14. The smallest absolute Gasteiger partial charge is 0.326 e. The fourth-order valence-electron chi connectivity index (χ4n) is 2.00. The van der Waals surface area contributed by atoms with E-state index in [-0.39, 0.29) is 17.8 Å². The van der Waals surface area contributed by atoms with Crippen LogP contribution in [0.4, 0.5) is 5.69 Å². The maximum absolute atomic E-state index is 11.1. The second kappa shape index (κ2) is 8.21. The van der Waals surface area contributed by atoms with E-state index in [1.165, 1.54) is 13.1 Å². The highest BCUT2D eigenvalue weighted by Gasteiger charge is 2.18. The minimum atomic E-state index is -1.10. The Labute approximate surface area is 142 Å². The molecular formula is C15H15N7O3. The van der Waals surface area contributed by atoms with Crippen molar-refractivity contribution in [2.24, 2.45) is 0 Å². The van der Waals surface area contributed by atoms with Crippen molar-refractivity contribution in [1.82, 2.24) is 25.9 Å². The molecule has 0 aliphatic carbocycles. The van der Waals surface area contributed by atoms with Crippen LogP contribution < -0.4 is 10.6 Å². The van der Waals surface area contributed by atoms with E-state index in [4.69, 9.17) is 10.4 Å². The highest BCUT2D eigenvalue weighted by Crippen LogP contribution is 2.13. The topological polar surface area (TPSA) is 157 Å². The van der Waals surface area contributed by atoms with Gasteiger partial charge >= 0.3 is 5.97 Å². The van der Waals surface area contributed by atoms with E-state index in [9.17, 15) is 9.59 Å². The van der Waals surface area contributed by atoms with Crippen LogP contribution in [-0.4, -0.2) is 43.6 Å². The van der Waals surface area contributed by atoms with Gasteiger partial charge in [0.15, 0.2) is 0 Å². The van der Waals surface area contributed by atoms with Gasteiger partial charge in [-0.05, 0) is 22.9 Å². The number of aliphatic carboxylic acids is 1. The van der Waals surface area contributed by atoms with E-state index in [1.54, 1.807) is 24.3 Å². The number of nitrogens with one attached hydrogen (secondary N) is 3. The average Bonchev–Trinajstić information content (AvgIpc) is 3.10. The molecule has 2 rings (SSSR count). The Balaban J connectivity index is 2.03. The lowest BCUT2D eigenvalue weighted by atomic mass is 10.1. The third-order valence-electron chi connectivity index (χ3n) is 3.16. The highest BCUT2D eigenvalue weighted by atomic mass is 16.4. The minimum absolute atomic E-state index is 0.164.